The summed E-state index contributed by atoms with van der Waals surface area (Å²) in [6.07, 6.45) is 4.87. The number of halogens is 2. The first kappa shape index (κ1) is 27.0. The van der Waals surface area contributed by atoms with E-state index in [0.717, 1.165) is 12.8 Å². The zero-order chi connectivity index (χ0) is 27.6. The monoisotopic (exact) mass is 550 g/mol. The van der Waals surface area contributed by atoms with Crippen molar-refractivity contribution in [2.45, 2.75) is 18.4 Å². The van der Waals surface area contributed by atoms with Gasteiger partial charge in [0, 0.05) is 29.3 Å². The van der Waals surface area contributed by atoms with Gasteiger partial charge in [-0.2, -0.15) is 10.5 Å². The number of ether oxygens (including phenoxy) is 2. The summed E-state index contributed by atoms with van der Waals surface area (Å²) in [5.41, 5.74) is 1.61. The van der Waals surface area contributed by atoms with Crippen molar-refractivity contribution in [3.05, 3.63) is 57.7 Å². The Labute approximate surface area is 230 Å². The van der Waals surface area contributed by atoms with E-state index in [2.05, 4.69) is 21.7 Å². The van der Waals surface area contributed by atoms with Crippen LogP contribution >= 0.6 is 23.2 Å². The molecule has 11 heteroatoms. The minimum atomic E-state index is -0.567. The fourth-order valence-corrected chi connectivity index (χ4v) is 4.59. The van der Waals surface area contributed by atoms with Gasteiger partial charge in [-0.05, 0) is 45.1 Å². The number of benzene rings is 2. The van der Waals surface area contributed by atoms with Crippen molar-refractivity contribution >= 4 is 57.1 Å². The summed E-state index contributed by atoms with van der Waals surface area (Å²) in [7, 11) is 6.78. The zero-order valence-corrected chi connectivity index (χ0v) is 22.7. The van der Waals surface area contributed by atoms with E-state index in [4.69, 9.17) is 32.7 Å². The molecular formula is C27H24Cl2N6O3. The molecule has 1 fully saturated rings. The molecule has 194 valence electrons. The Kier molecular flexibility index (Phi) is 7.66. The lowest BCUT2D eigenvalue weighted by molar-refractivity contribution is -0.112. The van der Waals surface area contributed by atoms with E-state index < -0.39 is 5.91 Å². The lowest BCUT2D eigenvalue weighted by Crippen LogP contribution is -2.29. The molecule has 2 aromatic carbocycles. The molecule has 1 aromatic heterocycles. The third-order valence-electron chi connectivity index (χ3n) is 6.49. The molecule has 9 nitrogen and oxygen atoms in total. The molecule has 2 N–H and O–H groups in total. The second kappa shape index (κ2) is 10.8. The quantitative estimate of drug-likeness (QED) is 0.272. The number of aromatic nitrogens is 1. The molecule has 0 spiro atoms. The number of nitrogens with one attached hydrogen (secondary N) is 2. The predicted molar refractivity (Wildman–Crippen MR) is 147 cm³/mol. The molecule has 0 unspecified atom stereocenters. The summed E-state index contributed by atoms with van der Waals surface area (Å²) in [4.78, 5) is 19.5. The summed E-state index contributed by atoms with van der Waals surface area (Å²) >= 11 is 12.6. The van der Waals surface area contributed by atoms with Gasteiger partial charge >= 0.3 is 0 Å². The Morgan fingerprint density at radius 3 is 2.37 bits per heavy atom. The lowest BCUT2D eigenvalue weighted by Gasteiger charge is -2.20. The number of amides is 1. The van der Waals surface area contributed by atoms with Crippen molar-refractivity contribution in [2.75, 3.05) is 38.9 Å². The van der Waals surface area contributed by atoms with Crippen molar-refractivity contribution in [3.63, 3.8) is 0 Å². The van der Waals surface area contributed by atoms with Crippen LogP contribution in [-0.2, 0) is 4.79 Å². The van der Waals surface area contributed by atoms with Crippen LogP contribution in [0.4, 0.5) is 17.1 Å². The van der Waals surface area contributed by atoms with Crippen LogP contribution in [0.5, 0.6) is 11.5 Å². The van der Waals surface area contributed by atoms with Crippen LogP contribution in [0.3, 0.4) is 0 Å². The number of anilines is 3. The van der Waals surface area contributed by atoms with Crippen LogP contribution in [0.1, 0.15) is 18.4 Å². The summed E-state index contributed by atoms with van der Waals surface area (Å²) in [5, 5.41) is 26.6. The van der Waals surface area contributed by atoms with Crippen molar-refractivity contribution in [1.82, 2.24) is 9.88 Å². The molecule has 1 heterocycles. The van der Waals surface area contributed by atoms with Crippen LogP contribution in [0.15, 0.2) is 42.1 Å². The smallest absolute Gasteiger partial charge is 0.266 e. The number of carbonyl (C=O) groups is 1. The maximum Gasteiger partial charge on any atom is 0.266 e. The SMILES string of the molecule is COc1cc(Nc2c(C#N)cnc3cc(OC)c(NC(=O)C(C#N)=CC4(N(C)C)CC4)cc23)c(Cl)cc1Cl. The van der Waals surface area contributed by atoms with E-state index in [1.807, 2.05) is 25.1 Å². The Balaban J connectivity index is 1.79. The lowest BCUT2D eigenvalue weighted by atomic mass is 10.1. The van der Waals surface area contributed by atoms with Gasteiger partial charge in [0.25, 0.3) is 5.91 Å². The van der Waals surface area contributed by atoms with Gasteiger partial charge in [-0.15, -0.1) is 0 Å². The summed E-state index contributed by atoms with van der Waals surface area (Å²) < 4.78 is 10.8. The maximum absolute atomic E-state index is 13.1. The van der Waals surface area contributed by atoms with Crippen LogP contribution in [-0.4, -0.2) is 49.6 Å². The van der Waals surface area contributed by atoms with E-state index in [1.165, 1.54) is 26.5 Å². The van der Waals surface area contributed by atoms with Gasteiger partial charge in [0.15, 0.2) is 0 Å². The van der Waals surface area contributed by atoms with Crippen LogP contribution < -0.4 is 20.1 Å². The maximum atomic E-state index is 13.1. The molecule has 0 aliphatic heterocycles. The van der Waals surface area contributed by atoms with Gasteiger partial charge in [-0.1, -0.05) is 23.2 Å². The van der Waals surface area contributed by atoms with Gasteiger partial charge in [-0.25, -0.2) is 0 Å². The first-order valence-electron chi connectivity index (χ1n) is 11.5. The van der Waals surface area contributed by atoms with Crippen molar-refractivity contribution in [2.24, 2.45) is 0 Å². The highest BCUT2D eigenvalue weighted by Gasteiger charge is 2.43. The fraction of sp³-hybridized carbons (Fsp3) is 0.259. The zero-order valence-electron chi connectivity index (χ0n) is 21.1. The number of hydrogen-bond acceptors (Lipinski definition) is 8. The van der Waals surface area contributed by atoms with E-state index in [0.29, 0.717) is 49.5 Å². The van der Waals surface area contributed by atoms with Gasteiger partial charge in [-0.3, -0.25) is 9.78 Å². The highest BCUT2D eigenvalue weighted by atomic mass is 35.5. The third kappa shape index (κ3) is 5.18. The molecular weight excluding hydrogens is 527 g/mol. The largest absolute Gasteiger partial charge is 0.495 e. The Bertz CT molecular complexity index is 1550. The first-order chi connectivity index (χ1) is 18.2. The summed E-state index contributed by atoms with van der Waals surface area (Å²) in [6.45, 7) is 0. The van der Waals surface area contributed by atoms with Crippen LogP contribution in [0.25, 0.3) is 10.9 Å². The summed E-state index contributed by atoms with van der Waals surface area (Å²) in [6, 6.07) is 10.6. The molecule has 0 radical (unpaired) electrons. The number of rotatable bonds is 8. The molecule has 1 amide bonds. The van der Waals surface area contributed by atoms with E-state index in [1.54, 1.807) is 24.3 Å². The minimum absolute atomic E-state index is 0.000593. The Hall–Kier alpha value is -4.02. The second-order valence-electron chi connectivity index (χ2n) is 8.94. The molecule has 0 atom stereocenters. The molecule has 0 bridgehead atoms. The molecule has 1 saturated carbocycles. The molecule has 4 rings (SSSR count). The number of nitriles is 2. The Morgan fingerprint density at radius 2 is 1.79 bits per heavy atom. The van der Waals surface area contributed by atoms with Crippen molar-refractivity contribution < 1.29 is 14.3 Å². The number of carbonyl (C=O) groups excluding carboxylic acids is 1. The van der Waals surface area contributed by atoms with Gasteiger partial charge < -0.3 is 25.0 Å². The summed E-state index contributed by atoms with van der Waals surface area (Å²) in [5.74, 6) is 0.168. The van der Waals surface area contributed by atoms with Gasteiger partial charge in [0.1, 0.15) is 29.2 Å². The standard InChI is InChI=1S/C27H24Cl2N6O3/c1-35(2)27(5-6-27)11-15(12-30)26(36)34-22-7-17-20(9-24(22)38-4)32-14-16(13-31)25(17)33-21-10-23(37-3)19(29)8-18(21)28/h7-11,14H,5-6H2,1-4H3,(H,32,33)(H,34,36). The number of nitrogens with zero attached hydrogens (tertiary/aromatic N) is 4. The molecule has 38 heavy (non-hydrogen) atoms. The minimum Gasteiger partial charge on any atom is -0.495 e. The molecule has 0 saturated heterocycles. The van der Waals surface area contributed by atoms with E-state index in [-0.39, 0.29) is 16.7 Å². The van der Waals surface area contributed by atoms with E-state index in [9.17, 15) is 15.3 Å². The third-order valence-corrected chi connectivity index (χ3v) is 7.10. The molecule has 1 aliphatic rings. The van der Waals surface area contributed by atoms with Gasteiger partial charge in [0.2, 0.25) is 0 Å². The van der Waals surface area contributed by atoms with Crippen molar-refractivity contribution in [3.8, 4) is 23.6 Å². The number of methoxy groups -OCH3 is 2. The predicted octanol–water partition coefficient (Wildman–Crippen LogP) is 5.66. The normalized spacial score (nSPS) is 14.0. The van der Waals surface area contributed by atoms with Crippen molar-refractivity contribution in [1.29, 1.82) is 10.5 Å². The van der Waals surface area contributed by atoms with Crippen LogP contribution in [0.2, 0.25) is 10.0 Å². The highest BCUT2D eigenvalue weighted by molar-refractivity contribution is 6.37. The first-order valence-corrected chi connectivity index (χ1v) is 12.2. The average Bonchev–Trinajstić information content (AvgIpc) is 3.69. The number of hydrogen-bond donors (Lipinski definition) is 2. The molecule has 3 aromatic rings. The second-order valence-corrected chi connectivity index (χ2v) is 9.76. The Morgan fingerprint density at radius 1 is 1.08 bits per heavy atom. The number of likely N-dealkylation sites (N-methyl/N-ethyl adjacent to an activating group) is 1. The topological polar surface area (TPSA) is 123 Å². The van der Waals surface area contributed by atoms with E-state index >= 15 is 0 Å². The molecule has 1 aliphatic carbocycles. The fourth-order valence-electron chi connectivity index (χ4n) is 4.08. The van der Waals surface area contributed by atoms with Crippen LogP contribution in [0, 0.1) is 22.7 Å². The number of pyridine rings is 1. The average molecular weight is 551 g/mol. The number of fused-ring (bicyclic) bond motifs is 1. The highest BCUT2D eigenvalue weighted by Crippen LogP contribution is 2.43. The van der Waals surface area contributed by atoms with Gasteiger partial charge in [0.05, 0.1) is 52.4 Å².